The van der Waals surface area contributed by atoms with Crippen LogP contribution in [0.4, 0.5) is 0 Å². The second-order valence-electron chi connectivity index (χ2n) is 2.82. The summed E-state index contributed by atoms with van der Waals surface area (Å²) in [5.74, 6) is -0.359. The van der Waals surface area contributed by atoms with Crippen LogP contribution in [0.25, 0.3) is 6.08 Å². The summed E-state index contributed by atoms with van der Waals surface area (Å²) in [4.78, 5) is 11.0. The minimum atomic E-state index is -0.359. The number of ether oxygens (including phenoxy) is 1. The number of hydrogen-bond donors (Lipinski definition) is 0. The number of rotatable bonds is 3. The molecule has 0 fully saturated rings. The van der Waals surface area contributed by atoms with Gasteiger partial charge in [-0.15, -0.1) is 0 Å². The van der Waals surface area contributed by atoms with Crippen molar-refractivity contribution in [2.45, 2.75) is 6.92 Å². The number of benzene rings is 1. The van der Waals surface area contributed by atoms with E-state index in [1.807, 2.05) is 6.07 Å². The van der Waals surface area contributed by atoms with E-state index in [-0.39, 0.29) is 5.97 Å². The highest BCUT2D eigenvalue weighted by atomic mass is 16.5. The summed E-state index contributed by atoms with van der Waals surface area (Å²) in [7, 11) is 0. The van der Waals surface area contributed by atoms with Crippen molar-refractivity contribution in [1.29, 1.82) is 5.26 Å². The molecule has 0 atom stereocenters. The number of carbonyl (C=O) groups is 1. The van der Waals surface area contributed by atoms with Gasteiger partial charge in [0.15, 0.2) is 0 Å². The lowest BCUT2D eigenvalue weighted by molar-refractivity contribution is -0.137. The lowest BCUT2D eigenvalue weighted by Crippen LogP contribution is -1.98. The number of nitriles is 1. The van der Waals surface area contributed by atoms with Crippen molar-refractivity contribution >= 4 is 12.0 Å². The Morgan fingerprint density at radius 1 is 1.47 bits per heavy atom. The highest BCUT2D eigenvalue weighted by Gasteiger charge is 1.94. The third-order valence-corrected chi connectivity index (χ3v) is 1.74. The molecular formula is C12H11NO2. The summed E-state index contributed by atoms with van der Waals surface area (Å²) in [6, 6.07) is 8.97. The van der Waals surface area contributed by atoms with E-state index in [0.717, 1.165) is 5.56 Å². The number of hydrogen-bond acceptors (Lipinski definition) is 3. The van der Waals surface area contributed by atoms with E-state index in [1.165, 1.54) is 6.08 Å². The Labute approximate surface area is 88.6 Å². The molecular weight excluding hydrogens is 190 g/mol. The van der Waals surface area contributed by atoms with E-state index in [0.29, 0.717) is 12.2 Å². The molecule has 0 N–H and O–H groups in total. The Bertz CT molecular complexity index is 399. The lowest BCUT2D eigenvalue weighted by atomic mass is 10.1. The fourth-order valence-corrected chi connectivity index (χ4v) is 1.02. The van der Waals surface area contributed by atoms with Crippen LogP contribution in [-0.4, -0.2) is 12.6 Å². The molecule has 15 heavy (non-hydrogen) atoms. The first-order valence-electron chi connectivity index (χ1n) is 4.61. The van der Waals surface area contributed by atoms with Crippen LogP contribution in [0.5, 0.6) is 0 Å². The Hall–Kier alpha value is -2.08. The standard InChI is InChI=1S/C12H11NO2/c1-2-15-12(14)8-7-10-3-5-11(9-13)6-4-10/h3-8H,2H2,1H3/b8-7+. The third-order valence-electron chi connectivity index (χ3n) is 1.74. The van der Waals surface area contributed by atoms with Gasteiger partial charge in [-0.3, -0.25) is 0 Å². The largest absolute Gasteiger partial charge is 0.463 e. The van der Waals surface area contributed by atoms with Gasteiger partial charge in [0.1, 0.15) is 0 Å². The van der Waals surface area contributed by atoms with Crippen molar-refractivity contribution in [3.05, 3.63) is 41.5 Å². The van der Waals surface area contributed by atoms with Crippen LogP contribution in [-0.2, 0) is 9.53 Å². The van der Waals surface area contributed by atoms with Gasteiger partial charge in [-0.25, -0.2) is 4.79 Å². The van der Waals surface area contributed by atoms with Crippen LogP contribution in [0.1, 0.15) is 18.1 Å². The summed E-state index contributed by atoms with van der Waals surface area (Å²) in [5, 5.41) is 8.57. The van der Waals surface area contributed by atoms with Crippen LogP contribution >= 0.6 is 0 Å². The molecule has 0 heterocycles. The molecule has 0 saturated carbocycles. The van der Waals surface area contributed by atoms with Gasteiger partial charge in [0, 0.05) is 6.08 Å². The predicted molar refractivity (Wildman–Crippen MR) is 56.8 cm³/mol. The molecule has 1 aromatic rings. The maximum Gasteiger partial charge on any atom is 0.330 e. The van der Waals surface area contributed by atoms with Crippen molar-refractivity contribution in [3.63, 3.8) is 0 Å². The molecule has 0 aromatic heterocycles. The van der Waals surface area contributed by atoms with E-state index >= 15 is 0 Å². The molecule has 0 spiro atoms. The minimum Gasteiger partial charge on any atom is -0.463 e. The average molecular weight is 201 g/mol. The minimum absolute atomic E-state index is 0.359. The van der Waals surface area contributed by atoms with Gasteiger partial charge < -0.3 is 4.74 Å². The van der Waals surface area contributed by atoms with Gasteiger partial charge in [-0.05, 0) is 30.7 Å². The normalized spacial score (nSPS) is 9.87. The van der Waals surface area contributed by atoms with Crippen molar-refractivity contribution in [2.24, 2.45) is 0 Å². The Morgan fingerprint density at radius 3 is 2.67 bits per heavy atom. The summed E-state index contributed by atoms with van der Waals surface area (Å²) in [6.07, 6.45) is 3.02. The van der Waals surface area contributed by atoms with Gasteiger partial charge in [0.05, 0.1) is 18.2 Å². The molecule has 1 aromatic carbocycles. The fraction of sp³-hybridized carbons (Fsp3) is 0.167. The quantitative estimate of drug-likeness (QED) is 0.556. The van der Waals surface area contributed by atoms with Crippen molar-refractivity contribution in [1.82, 2.24) is 0 Å². The van der Waals surface area contributed by atoms with E-state index in [4.69, 9.17) is 10.00 Å². The van der Waals surface area contributed by atoms with E-state index in [9.17, 15) is 4.79 Å². The highest BCUT2D eigenvalue weighted by Crippen LogP contribution is 2.05. The molecule has 0 aliphatic carbocycles. The van der Waals surface area contributed by atoms with Gasteiger partial charge in [-0.2, -0.15) is 5.26 Å². The van der Waals surface area contributed by atoms with Crippen molar-refractivity contribution in [3.8, 4) is 6.07 Å². The Morgan fingerprint density at radius 2 is 2.13 bits per heavy atom. The summed E-state index contributed by atoms with van der Waals surface area (Å²) < 4.78 is 4.73. The SMILES string of the molecule is CCOC(=O)/C=C/c1ccc(C#N)cc1. The zero-order valence-electron chi connectivity index (χ0n) is 8.43. The zero-order chi connectivity index (χ0) is 11.1. The van der Waals surface area contributed by atoms with Gasteiger partial charge in [0.2, 0.25) is 0 Å². The molecule has 0 unspecified atom stereocenters. The lowest BCUT2D eigenvalue weighted by Gasteiger charge is -1.95. The molecule has 0 aliphatic heterocycles. The van der Waals surface area contributed by atoms with E-state index < -0.39 is 0 Å². The van der Waals surface area contributed by atoms with Crippen LogP contribution in [0, 0.1) is 11.3 Å². The first-order chi connectivity index (χ1) is 7.26. The first kappa shape index (κ1) is 11.0. The molecule has 1 rings (SSSR count). The molecule has 3 heteroatoms. The Kier molecular flexibility index (Phi) is 4.11. The highest BCUT2D eigenvalue weighted by molar-refractivity contribution is 5.87. The second kappa shape index (κ2) is 5.61. The van der Waals surface area contributed by atoms with Crippen LogP contribution < -0.4 is 0 Å². The maximum absolute atomic E-state index is 11.0. The molecule has 0 radical (unpaired) electrons. The molecule has 0 aliphatic rings. The Balaban J connectivity index is 2.65. The van der Waals surface area contributed by atoms with Crippen LogP contribution in [0.15, 0.2) is 30.3 Å². The van der Waals surface area contributed by atoms with Gasteiger partial charge >= 0.3 is 5.97 Å². The topological polar surface area (TPSA) is 50.1 Å². The summed E-state index contributed by atoms with van der Waals surface area (Å²) in [6.45, 7) is 2.13. The first-order valence-corrected chi connectivity index (χ1v) is 4.61. The number of nitrogens with zero attached hydrogens (tertiary/aromatic N) is 1. The zero-order valence-corrected chi connectivity index (χ0v) is 8.43. The van der Waals surface area contributed by atoms with Crippen LogP contribution in [0.3, 0.4) is 0 Å². The van der Waals surface area contributed by atoms with Crippen LogP contribution in [0.2, 0.25) is 0 Å². The van der Waals surface area contributed by atoms with Gasteiger partial charge in [0.25, 0.3) is 0 Å². The van der Waals surface area contributed by atoms with E-state index in [2.05, 4.69) is 0 Å². The summed E-state index contributed by atoms with van der Waals surface area (Å²) in [5.41, 5.74) is 1.46. The molecule has 0 amide bonds. The molecule has 76 valence electrons. The predicted octanol–water partition coefficient (Wildman–Crippen LogP) is 2.13. The average Bonchev–Trinajstić information content (AvgIpc) is 2.27. The summed E-state index contributed by atoms with van der Waals surface area (Å²) >= 11 is 0. The number of esters is 1. The fourth-order valence-electron chi connectivity index (χ4n) is 1.02. The molecule has 0 saturated heterocycles. The molecule has 3 nitrogen and oxygen atoms in total. The van der Waals surface area contributed by atoms with Gasteiger partial charge in [-0.1, -0.05) is 12.1 Å². The van der Waals surface area contributed by atoms with Crippen molar-refractivity contribution in [2.75, 3.05) is 6.61 Å². The second-order valence-corrected chi connectivity index (χ2v) is 2.82. The maximum atomic E-state index is 11.0. The number of carbonyl (C=O) groups excluding carboxylic acids is 1. The third kappa shape index (κ3) is 3.65. The monoisotopic (exact) mass is 201 g/mol. The van der Waals surface area contributed by atoms with E-state index in [1.54, 1.807) is 37.3 Å². The smallest absolute Gasteiger partial charge is 0.330 e. The van der Waals surface area contributed by atoms with Crippen molar-refractivity contribution < 1.29 is 9.53 Å². The molecule has 0 bridgehead atoms.